The molecule has 9 heteroatoms. The predicted molar refractivity (Wildman–Crippen MR) is 121 cm³/mol. The van der Waals surface area contributed by atoms with Crippen LogP contribution in [-0.2, 0) is 32.6 Å². The number of aromatic nitrogens is 4. The molecule has 0 aliphatic rings. The van der Waals surface area contributed by atoms with Crippen LogP contribution >= 0.6 is 9.53 Å². The summed E-state index contributed by atoms with van der Waals surface area (Å²) in [6.45, 7) is 9.75. The van der Waals surface area contributed by atoms with Gasteiger partial charge < -0.3 is 14.4 Å². The topological polar surface area (TPSA) is 103 Å². The summed E-state index contributed by atoms with van der Waals surface area (Å²) in [5, 5.41) is 0. The second-order valence-electron chi connectivity index (χ2n) is 4.94. The van der Waals surface area contributed by atoms with E-state index in [9.17, 15) is 0 Å². The van der Waals surface area contributed by atoms with Gasteiger partial charge in [0, 0.05) is 49.6 Å². The maximum absolute atomic E-state index is 7.75. The fraction of sp³-hybridized carbons (Fsp3) is 0. The molecule has 0 amide bonds. The molecule has 0 spiro atoms. The van der Waals surface area contributed by atoms with E-state index in [4.69, 9.17) is 23.9 Å². The zero-order chi connectivity index (χ0) is 24.5. The Bertz CT molecular complexity index is 755. The second kappa shape index (κ2) is 23.8. The van der Waals surface area contributed by atoms with Crippen LogP contribution in [0.4, 0.5) is 0 Å². The van der Waals surface area contributed by atoms with Gasteiger partial charge >= 0.3 is 27.7 Å². The van der Waals surface area contributed by atoms with Crippen molar-refractivity contribution in [2.75, 3.05) is 0 Å². The smallest absolute Gasteiger partial charge is 0.0273 e. The summed E-state index contributed by atoms with van der Waals surface area (Å²) < 4.78 is 0. The van der Waals surface area contributed by atoms with E-state index in [1.165, 1.54) is 40.4 Å². The van der Waals surface area contributed by atoms with Crippen molar-refractivity contribution in [1.82, 2.24) is 19.9 Å². The summed E-state index contributed by atoms with van der Waals surface area (Å²) >= 11 is 1.19. The van der Waals surface area contributed by atoms with Crippen LogP contribution in [0.15, 0.2) is 98.1 Å². The van der Waals surface area contributed by atoms with Crippen molar-refractivity contribution in [2.45, 2.75) is 0 Å². The molecule has 0 fully saturated rings. The SMILES string of the molecule is [CH-]=O.[CH-]=O.[CH-]=O.[Cl][Re].c1cc(-c2ccncc2)ccn1.c1cc(-c2ccncc2)ccn1. The Morgan fingerprint density at radius 2 is 0.531 bits per heavy atom. The normalized spacial score (nSPS) is 7.81. The molecular weight excluding hydrogens is 602 g/mol. The number of hydrogen-bond donors (Lipinski definition) is 0. The maximum atomic E-state index is 7.75. The van der Waals surface area contributed by atoms with E-state index in [1.54, 1.807) is 49.6 Å². The first-order valence-corrected chi connectivity index (χ1v) is 11.8. The molecule has 32 heavy (non-hydrogen) atoms. The van der Waals surface area contributed by atoms with Gasteiger partial charge in [-0.1, -0.05) is 0 Å². The van der Waals surface area contributed by atoms with Gasteiger partial charge in [-0.2, -0.15) is 0 Å². The predicted octanol–water partition coefficient (Wildman–Crippen LogP) is 4.15. The molecule has 4 rings (SSSR count). The molecule has 0 aliphatic carbocycles. The Morgan fingerprint density at radius 1 is 0.406 bits per heavy atom. The largest absolute Gasteiger partial charge is 0.265 e. The molecule has 7 nitrogen and oxygen atoms in total. The van der Waals surface area contributed by atoms with Crippen LogP contribution in [0.2, 0.25) is 0 Å². The Hall–Kier alpha value is -3.44. The minimum absolute atomic E-state index is 1.17. The van der Waals surface area contributed by atoms with Gasteiger partial charge in [0.2, 0.25) is 0 Å². The quantitative estimate of drug-likeness (QED) is 0.245. The Morgan fingerprint density at radius 3 is 0.656 bits per heavy atom. The van der Waals surface area contributed by atoms with E-state index in [1.807, 2.05) is 48.5 Å². The molecule has 4 aromatic rings. The molecule has 0 aliphatic heterocycles. The van der Waals surface area contributed by atoms with Gasteiger partial charge in [0.25, 0.3) is 0 Å². The fourth-order valence-corrected chi connectivity index (χ4v) is 2.18. The maximum Gasteiger partial charge on any atom is 0.0273 e. The van der Waals surface area contributed by atoms with Crippen molar-refractivity contribution in [1.29, 1.82) is 0 Å². The van der Waals surface area contributed by atoms with E-state index < -0.39 is 0 Å². The molecule has 0 unspecified atom stereocenters. The minimum Gasteiger partial charge on any atom is -0.265 e. The van der Waals surface area contributed by atoms with Gasteiger partial charge in [-0.3, -0.25) is 40.3 Å². The standard InChI is InChI=1S/2C10H8N2.3CHO.ClH.Re/c2*1-5-11-6-2-9(1)10-3-7-12-8-4-10;3*1-2;;/h2*1-8H;3*1H;1H;/q;;3*-1;;+1/p-1. The number of pyridine rings is 4. The molecule has 0 radical (unpaired) electrons. The Labute approximate surface area is 202 Å². The van der Waals surface area contributed by atoms with Gasteiger partial charge in [0.15, 0.2) is 0 Å². The van der Waals surface area contributed by atoms with Crippen molar-refractivity contribution in [3.63, 3.8) is 0 Å². The van der Waals surface area contributed by atoms with Crippen LogP contribution in [-0.4, -0.2) is 40.3 Å². The molecule has 0 saturated heterocycles. The van der Waals surface area contributed by atoms with Crippen LogP contribution in [0.5, 0.6) is 0 Å². The average Bonchev–Trinajstić information content (AvgIpc) is 2.95. The molecule has 166 valence electrons. The summed E-state index contributed by atoms with van der Waals surface area (Å²) in [5.41, 5.74) is 4.69. The van der Waals surface area contributed by atoms with Crippen molar-refractivity contribution in [3.8, 4) is 22.3 Å². The summed E-state index contributed by atoms with van der Waals surface area (Å²) in [5.74, 6) is 0. The van der Waals surface area contributed by atoms with Crippen molar-refractivity contribution in [2.24, 2.45) is 0 Å². The van der Waals surface area contributed by atoms with Gasteiger partial charge in [-0.15, -0.1) is 0 Å². The second-order valence-corrected chi connectivity index (χ2v) is 4.94. The number of halogens is 1. The molecule has 0 N–H and O–H groups in total. The van der Waals surface area contributed by atoms with Crippen LogP contribution in [0, 0.1) is 0 Å². The third kappa shape index (κ3) is 13.0. The van der Waals surface area contributed by atoms with Gasteiger partial charge in [-0.05, 0) is 70.8 Å². The van der Waals surface area contributed by atoms with E-state index in [2.05, 4.69) is 40.3 Å². The van der Waals surface area contributed by atoms with E-state index >= 15 is 0 Å². The molecule has 0 saturated carbocycles. The third-order valence-electron chi connectivity index (χ3n) is 3.39. The van der Waals surface area contributed by atoms with Crippen LogP contribution in [0.25, 0.3) is 22.3 Å². The molecule has 4 heterocycles. The van der Waals surface area contributed by atoms with Gasteiger partial charge in [-0.25, -0.2) is 0 Å². The van der Waals surface area contributed by atoms with Crippen molar-refractivity contribution in [3.05, 3.63) is 98.1 Å². The first kappa shape index (κ1) is 30.8. The van der Waals surface area contributed by atoms with Crippen molar-refractivity contribution >= 4 is 29.9 Å². The first-order valence-electron chi connectivity index (χ1n) is 8.39. The fourth-order valence-electron chi connectivity index (χ4n) is 2.18. The monoisotopic (exact) mass is 621 g/mol. The summed E-state index contributed by atoms with van der Waals surface area (Å²) in [6, 6.07) is 15.9. The summed E-state index contributed by atoms with van der Waals surface area (Å²) in [4.78, 5) is 39.1. The zero-order valence-corrected chi connectivity index (χ0v) is 20.2. The summed E-state index contributed by atoms with van der Waals surface area (Å²) in [7, 11) is 4.69. The van der Waals surface area contributed by atoms with Crippen LogP contribution in [0.1, 0.15) is 0 Å². The summed E-state index contributed by atoms with van der Waals surface area (Å²) in [6.07, 6.45) is 14.3. The minimum atomic E-state index is 1.17. The number of rotatable bonds is 2. The van der Waals surface area contributed by atoms with Crippen LogP contribution in [0.3, 0.4) is 0 Å². The molecule has 0 bridgehead atoms. The van der Waals surface area contributed by atoms with E-state index in [-0.39, 0.29) is 0 Å². The van der Waals surface area contributed by atoms with Gasteiger partial charge in [0.05, 0.1) is 0 Å². The Kier molecular flexibility index (Phi) is 22.9. The van der Waals surface area contributed by atoms with Crippen molar-refractivity contribution < 1.29 is 32.6 Å². The molecule has 0 aromatic carbocycles. The molecule has 0 atom stereocenters. The van der Waals surface area contributed by atoms with E-state index in [0.29, 0.717) is 0 Å². The van der Waals surface area contributed by atoms with E-state index in [0.717, 1.165) is 0 Å². The van der Waals surface area contributed by atoms with Crippen LogP contribution < -0.4 is 0 Å². The third-order valence-corrected chi connectivity index (χ3v) is 3.39. The average molecular weight is 621 g/mol. The zero-order valence-electron chi connectivity index (χ0n) is 16.7. The number of nitrogens with zero attached hydrogens (tertiary/aromatic N) is 4. The first-order chi connectivity index (χ1) is 15.9. The molecule has 4 aromatic heterocycles. The van der Waals surface area contributed by atoms with Gasteiger partial charge in [0.1, 0.15) is 0 Å². The number of hydrogen-bond acceptors (Lipinski definition) is 7. The molecular formula is C23H19ClN4O3Re-3. The number of carbonyl (C=O) groups excluding carboxylic acids is 3. The Balaban J connectivity index is 0.